The van der Waals surface area contributed by atoms with E-state index in [4.69, 9.17) is 0 Å². The maximum atomic E-state index is 12.2. The monoisotopic (exact) mass is 322 g/mol. The van der Waals surface area contributed by atoms with E-state index < -0.39 is 17.9 Å². The second kappa shape index (κ2) is 5.56. The van der Waals surface area contributed by atoms with Crippen LogP contribution in [-0.4, -0.2) is 12.1 Å². The van der Waals surface area contributed by atoms with E-state index in [2.05, 4.69) is 20.7 Å². The Hall–Kier alpha value is -1.30. The van der Waals surface area contributed by atoms with Crippen molar-refractivity contribution in [3.63, 3.8) is 0 Å². The maximum Gasteiger partial charge on any atom is 0.573 e. The molecule has 0 fully saturated rings. The van der Waals surface area contributed by atoms with Crippen LogP contribution in [0.2, 0.25) is 0 Å². The lowest BCUT2D eigenvalue weighted by molar-refractivity contribution is -0.274. The van der Waals surface area contributed by atoms with Gasteiger partial charge in [-0.25, -0.2) is 0 Å². The minimum Gasteiger partial charge on any atom is -0.405 e. The predicted octanol–water partition coefficient (Wildman–Crippen LogP) is 4.50. The number of carbonyl (C=O) groups excluding carboxylic acids is 1. The lowest BCUT2D eigenvalue weighted by Gasteiger charge is -2.12. The summed E-state index contributed by atoms with van der Waals surface area (Å²) in [5, 5.41) is 0. The van der Waals surface area contributed by atoms with Gasteiger partial charge in [-0.1, -0.05) is 21.5 Å². The number of allylic oxidation sites excluding steroid dienone is 2. The zero-order chi connectivity index (χ0) is 13.9. The molecule has 0 heterocycles. The fourth-order valence-corrected chi connectivity index (χ4v) is 1.59. The third-order valence-electron chi connectivity index (χ3n) is 1.85. The van der Waals surface area contributed by atoms with Crippen LogP contribution in [0.1, 0.15) is 24.2 Å². The molecule has 18 heavy (non-hydrogen) atoms. The van der Waals surface area contributed by atoms with Crippen LogP contribution in [0.25, 0.3) is 0 Å². The van der Waals surface area contributed by atoms with Crippen LogP contribution in [0, 0.1) is 0 Å². The number of ketones is 1. The van der Waals surface area contributed by atoms with E-state index in [9.17, 15) is 18.0 Å². The van der Waals surface area contributed by atoms with Crippen LogP contribution in [0.15, 0.2) is 34.3 Å². The summed E-state index contributed by atoms with van der Waals surface area (Å²) in [6.45, 7) is 3.36. The van der Waals surface area contributed by atoms with Crippen LogP contribution in [0.5, 0.6) is 5.75 Å². The zero-order valence-electron chi connectivity index (χ0n) is 9.64. The number of alkyl halides is 3. The average molecular weight is 323 g/mol. The Morgan fingerprint density at radius 2 is 1.94 bits per heavy atom. The molecule has 0 aliphatic rings. The molecule has 2 nitrogen and oxygen atoms in total. The predicted molar refractivity (Wildman–Crippen MR) is 64.6 cm³/mol. The molecular weight excluding hydrogens is 313 g/mol. The first-order chi connectivity index (χ1) is 8.19. The molecule has 98 valence electrons. The van der Waals surface area contributed by atoms with Crippen molar-refractivity contribution in [2.24, 2.45) is 0 Å². The third kappa shape index (κ3) is 4.52. The van der Waals surface area contributed by atoms with Gasteiger partial charge in [0.1, 0.15) is 5.75 Å². The van der Waals surface area contributed by atoms with Crippen LogP contribution in [0.3, 0.4) is 0 Å². The van der Waals surface area contributed by atoms with Crippen molar-refractivity contribution in [1.82, 2.24) is 0 Å². The van der Waals surface area contributed by atoms with Crippen molar-refractivity contribution in [1.29, 1.82) is 0 Å². The van der Waals surface area contributed by atoms with E-state index in [1.165, 1.54) is 18.2 Å². The molecule has 0 bridgehead atoms. The maximum absolute atomic E-state index is 12.2. The van der Waals surface area contributed by atoms with E-state index in [1.807, 2.05) is 0 Å². The number of carbonyl (C=O) groups is 1. The molecule has 1 rings (SSSR count). The molecule has 0 N–H and O–H groups in total. The third-order valence-corrected chi connectivity index (χ3v) is 2.35. The molecule has 0 amide bonds. The Bertz CT molecular complexity index is 489. The van der Waals surface area contributed by atoms with E-state index >= 15 is 0 Å². The van der Waals surface area contributed by atoms with Crippen molar-refractivity contribution in [2.45, 2.75) is 20.2 Å². The lowest BCUT2D eigenvalue weighted by atomic mass is 10.1. The molecule has 1 aromatic carbocycles. The highest BCUT2D eigenvalue weighted by molar-refractivity contribution is 9.10. The van der Waals surface area contributed by atoms with Gasteiger partial charge in [-0.05, 0) is 38.1 Å². The number of ether oxygens (including phenoxy) is 1. The molecule has 0 aliphatic carbocycles. The van der Waals surface area contributed by atoms with Gasteiger partial charge in [-0.3, -0.25) is 4.79 Å². The second-order valence-corrected chi connectivity index (χ2v) is 4.69. The summed E-state index contributed by atoms with van der Waals surface area (Å²) in [4.78, 5) is 11.7. The summed E-state index contributed by atoms with van der Waals surface area (Å²) in [6, 6.07) is 3.88. The Morgan fingerprint density at radius 1 is 1.33 bits per heavy atom. The molecule has 6 heteroatoms. The summed E-state index contributed by atoms with van der Waals surface area (Å²) in [5.74, 6) is -1.04. The van der Waals surface area contributed by atoms with Crippen LogP contribution >= 0.6 is 15.9 Å². The molecule has 0 saturated heterocycles. The molecule has 0 atom stereocenters. The van der Waals surface area contributed by atoms with Gasteiger partial charge in [0.15, 0.2) is 5.78 Å². The first-order valence-corrected chi connectivity index (χ1v) is 5.73. The van der Waals surface area contributed by atoms with Crippen LogP contribution in [-0.2, 0) is 0 Å². The van der Waals surface area contributed by atoms with Crippen LogP contribution < -0.4 is 4.74 Å². The molecular formula is C12H10BrF3O2. The largest absolute Gasteiger partial charge is 0.573 e. The Balaban J connectivity index is 3.19. The minimum atomic E-state index is -4.83. The molecule has 0 radical (unpaired) electrons. The quantitative estimate of drug-likeness (QED) is 0.605. The van der Waals surface area contributed by atoms with Gasteiger partial charge < -0.3 is 4.74 Å². The van der Waals surface area contributed by atoms with Gasteiger partial charge >= 0.3 is 6.36 Å². The fourth-order valence-electron chi connectivity index (χ4n) is 1.25. The van der Waals surface area contributed by atoms with Crippen molar-refractivity contribution in [2.75, 3.05) is 0 Å². The van der Waals surface area contributed by atoms with E-state index in [0.717, 1.165) is 6.07 Å². The number of hydrogen-bond acceptors (Lipinski definition) is 2. The van der Waals surface area contributed by atoms with E-state index in [1.54, 1.807) is 13.8 Å². The summed E-state index contributed by atoms with van der Waals surface area (Å²) >= 11 is 3.03. The molecule has 0 unspecified atom stereocenters. The minimum absolute atomic E-state index is 0.128. The second-order valence-electron chi connectivity index (χ2n) is 3.77. The van der Waals surface area contributed by atoms with Gasteiger partial charge in [0.25, 0.3) is 0 Å². The topological polar surface area (TPSA) is 26.3 Å². The standard InChI is InChI=1S/C12H10BrF3O2/c1-7(2)5-10(17)9-4-3-8(13)6-11(9)18-12(14,15)16/h3-6H,1-2H3. The van der Waals surface area contributed by atoms with Crippen molar-refractivity contribution >= 4 is 21.7 Å². The molecule has 0 aromatic heterocycles. The fraction of sp³-hybridized carbons (Fsp3) is 0.250. The first-order valence-electron chi connectivity index (χ1n) is 4.93. The summed E-state index contributed by atoms with van der Waals surface area (Å²) in [6.07, 6.45) is -3.58. The molecule has 0 saturated carbocycles. The smallest absolute Gasteiger partial charge is 0.405 e. The van der Waals surface area contributed by atoms with E-state index in [0.29, 0.717) is 10.0 Å². The van der Waals surface area contributed by atoms with Gasteiger partial charge in [0, 0.05) is 4.47 Å². The Labute approximate surface area is 111 Å². The number of hydrogen-bond donors (Lipinski definition) is 0. The highest BCUT2D eigenvalue weighted by Gasteiger charge is 2.32. The number of halogens is 4. The van der Waals surface area contributed by atoms with Crippen molar-refractivity contribution < 1.29 is 22.7 Å². The number of rotatable bonds is 3. The highest BCUT2D eigenvalue weighted by atomic mass is 79.9. The lowest BCUT2D eigenvalue weighted by Crippen LogP contribution is -2.18. The zero-order valence-corrected chi connectivity index (χ0v) is 11.2. The van der Waals surface area contributed by atoms with Gasteiger partial charge in [0.05, 0.1) is 5.56 Å². The summed E-state index contributed by atoms with van der Waals surface area (Å²) < 4.78 is 40.9. The Kier molecular flexibility index (Phi) is 4.56. The van der Waals surface area contributed by atoms with Crippen molar-refractivity contribution in [3.8, 4) is 5.75 Å². The van der Waals surface area contributed by atoms with Gasteiger partial charge in [-0.2, -0.15) is 0 Å². The van der Waals surface area contributed by atoms with Gasteiger partial charge in [-0.15, -0.1) is 13.2 Å². The molecule has 0 aliphatic heterocycles. The highest BCUT2D eigenvalue weighted by Crippen LogP contribution is 2.30. The summed E-state index contributed by atoms with van der Waals surface area (Å²) in [5.41, 5.74) is 0.567. The average Bonchev–Trinajstić information content (AvgIpc) is 2.13. The van der Waals surface area contributed by atoms with Crippen molar-refractivity contribution in [3.05, 3.63) is 39.9 Å². The summed E-state index contributed by atoms with van der Waals surface area (Å²) in [7, 11) is 0. The molecule has 0 spiro atoms. The molecule has 1 aromatic rings. The Morgan fingerprint density at radius 3 is 2.44 bits per heavy atom. The number of benzene rings is 1. The SMILES string of the molecule is CC(C)=CC(=O)c1ccc(Br)cc1OC(F)(F)F. The van der Waals surface area contributed by atoms with E-state index in [-0.39, 0.29) is 5.56 Å². The normalized spacial score (nSPS) is 11.0. The first kappa shape index (κ1) is 14.8. The van der Waals surface area contributed by atoms with Crippen LogP contribution in [0.4, 0.5) is 13.2 Å². The van der Waals surface area contributed by atoms with Gasteiger partial charge in [0.2, 0.25) is 0 Å².